The van der Waals surface area contributed by atoms with Gasteiger partial charge >= 0.3 is 0 Å². The van der Waals surface area contributed by atoms with Crippen LogP contribution in [0.15, 0.2) is 24.3 Å². The summed E-state index contributed by atoms with van der Waals surface area (Å²) in [6, 6.07) is 0. The van der Waals surface area contributed by atoms with Crippen LogP contribution in [0.2, 0.25) is 0 Å². The van der Waals surface area contributed by atoms with Crippen molar-refractivity contribution in [1.29, 1.82) is 0 Å². The summed E-state index contributed by atoms with van der Waals surface area (Å²) in [7, 11) is 1.69. The molecule has 0 amide bonds. The van der Waals surface area contributed by atoms with E-state index in [0.717, 1.165) is 0 Å². The van der Waals surface area contributed by atoms with Gasteiger partial charge in [0.15, 0.2) is 4.93 Å². The zero-order valence-electron chi connectivity index (χ0n) is 5.70. The number of fused-ring (bicyclic) bond motifs is 1. The van der Waals surface area contributed by atoms with E-state index in [9.17, 15) is 0 Å². The van der Waals surface area contributed by atoms with Gasteiger partial charge in [0.05, 0.1) is 0 Å². The Hall–Kier alpha value is -0.250. The highest BCUT2D eigenvalue weighted by Crippen LogP contribution is 2.63. The second kappa shape index (κ2) is 1.67. The number of nitrogens with two attached hydrogens (primary N) is 1. The van der Waals surface area contributed by atoms with E-state index in [1.165, 1.54) is 0 Å². The van der Waals surface area contributed by atoms with Gasteiger partial charge in [0, 0.05) is 7.11 Å². The molecular formula is C7H9NOS. The van der Waals surface area contributed by atoms with Crippen LogP contribution in [0.3, 0.4) is 0 Å². The predicted octanol–water partition coefficient (Wildman–Crippen LogP) is 0.857. The van der Waals surface area contributed by atoms with Crippen LogP contribution in [0.25, 0.3) is 0 Å². The Morgan fingerprint density at radius 2 is 2.10 bits per heavy atom. The van der Waals surface area contributed by atoms with Crippen molar-refractivity contribution in [2.75, 3.05) is 7.11 Å². The topological polar surface area (TPSA) is 35.2 Å². The second-order valence-corrected chi connectivity index (χ2v) is 3.97. The first-order valence-corrected chi connectivity index (χ1v) is 3.95. The Morgan fingerprint density at radius 3 is 2.60 bits per heavy atom. The van der Waals surface area contributed by atoms with Gasteiger partial charge in [-0.05, 0) is 6.08 Å². The van der Waals surface area contributed by atoms with Crippen molar-refractivity contribution in [1.82, 2.24) is 0 Å². The maximum Gasteiger partial charge on any atom is 0.165 e. The summed E-state index contributed by atoms with van der Waals surface area (Å²) in [6.45, 7) is 0. The summed E-state index contributed by atoms with van der Waals surface area (Å²) in [6.07, 6.45) is 7.89. The molecule has 2 unspecified atom stereocenters. The normalized spacial score (nSPS) is 49.0. The minimum atomic E-state index is -0.281. The molecular weight excluding hydrogens is 146 g/mol. The van der Waals surface area contributed by atoms with E-state index >= 15 is 0 Å². The average Bonchev–Trinajstić information content (AvgIpc) is 2.56. The molecule has 1 saturated heterocycles. The summed E-state index contributed by atoms with van der Waals surface area (Å²) < 4.78 is 5.26. The number of ether oxygens (including phenoxy) is 1. The zero-order chi connectivity index (χ0) is 7.24. The van der Waals surface area contributed by atoms with Crippen LogP contribution in [0.5, 0.6) is 0 Å². The molecule has 54 valence electrons. The molecule has 2 atom stereocenters. The molecule has 0 bridgehead atoms. The van der Waals surface area contributed by atoms with Crippen molar-refractivity contribution >= 4 is 11.8 Å². The van der Waals surface area contributed by atoms with Crippen LogP contribution >= 0.6 is 11.8 Å². The van der Waals surface area contributed by atoms with Crippen LogP contribution in [0, 0.1) is 0 Å². The van der Waals surface area contributed by atoms with E-state index in [2.05, 4.69) is 0 Å². The number of rotatable bonds is 1. The van der Waals surface area contributed by atoms with Gasteiger partial charge in [-0.3, -0.25) is 0 Å². The Kier molecular flexibility index (Phi) is 1.08. The van der Waals surface area contributed by atoms with E-state index in [-0.39, 0.29) is 9.80 Å². The molecule has 1 aliphatic heterocycles. The largest absolute Gasteiger partial charge is 0.361 e. The quantitative estimate of drug-likeness (QED) is 0.570. The molecule has 2 rings (SSSR count). The van der Waals surface area contributed by atoms with Crippen molar-refractivity contribution in [2.45, 2.75) is 9.80 Å². The maximum atomic E-state index is 5.90. The van der Waals surface area contributed by atoms with Gasteiger partial charge in [0.25, 0.3) is 0 Å². The van der Waals surface area contributed by atoms with Crippen LogP contribution in [-0.2, 0) is 4.74 Å². The van der Waals surface area contributed by atoms with Crippen LogP contribution in [-0.4, -0.2) is 16.9 Å². The highest BCUT2D eigenvalue weighted by Gasteiger charge is 2.65. The minimum Gasteiger partial charge on any atom is -0.361 e. The third-order valence-corrected chi connectivity index (χ3v) is 3.41. The van der Waals surface area contributed by atoms with Gasteiger partial charge in [-0.1, -0.05) is 30.0 Å². The lowest BCUT2D eigenvalue weighted by atomic mass is 10.1. The zero-order valence-corrected chi connectivity index (χ0v) is 6.52. The van der Waals surface area contributed by atoms with E-state index < -0.39 is 0 Å². The van der Waals surface area contributed by atoms with Gasteiger partial charge in [0.1, 0.15) is 4.87 Å². The van der Waals surface area contributed by atoms with Crippen molar-refractivity contribution in [2.24, 2.45) is 5.73 Å². The molecule has 0 radical (unpaired) electrons. The summed E-state index contributed by atoms with van der Waals surface area (Å²) in [5.41, 5.74) is 5.90. The van der Waals surface area contributed by atoms with E-state index in [1.54, 1.807) is 18.9 Å². The first-order valence-electron chi connectivity index (χ1n) is 3.14. The fraction of sp³-hybridized carbons (Fsp3) is 0.429. The smallest absolute Gasteiger partial charge is 0.165 e. The molecule has 0 aromatic rings. The molecule has 1 heterocycles. The minimum absolute atomic E-state index is 0.248. The summed E-state index contributed by atoms with van der Waals surface area (Å²) in [5, 5.41) is 0. The lowest BCUT2D eigenvalue weighted by molar-refractivity contribution is 0.123. The van der Waals surface area contributed by atoms with Crippen LogP contribution in [0.1, 0.15) is 0 Å². The number of hydrogen-bond acceptors (Lipinski definition) is 3. The molecule has 0 spiro atoms. The van der Waals surface area contributed by atoms with Crippen molar-refractivity contribution in [3.63, 3.8) is 0 Å². The maximum absolute atomic E-state index is 5.90. The first kappa shape index (κ1) is 6.46. The summed E-state index contributed by atoms with van der Waals surface area (Å²) >= 11 is 1.63. The van der Waals surface area contributed by atoms with Crippen molar-refractivity contribution < 1.29 is 4.74 Å². The standard InChI is InChI=1S/C7H9NOS/c1-9-7-5-3-2-4-6(7,8)10-7/h2-5H,8H2,1H3. The van der Waals surface area contributed by atoms with Crippen LogP contribution < -0.4 is 5.73 Å². The number of methoxy groups -OCH3 is 1. The molecule has 1 aliphatic carbocycles. The predicted molar refractivity (Wildman–Crippen MR) is 42.5 cm³/mol. The van der Waals surface area contributed by atoms with Crippen molar-refractivity contribution in [3.8, 4) is 0 Å². The van der Waals surface area contributed by atoms with E-state index in [0.29, 0.717) is 0 Å². The molecule has 2 nitrogen and oxygen atoms in total. The third-order valence-electron chi connectivity index (χ3n) is 1.90. The molecule has 1 fully saturated rings. The highest BCUT2D eigenvalue weighted by atomic mass is 32.2. The summed E-state index contributed by atoms with van der Waals surface area (Å²) in [4.78, 5) is -0.530. The third kappa shape index (κ3) is 0.576. The highest BCUT2D eigenvalue weighted by molar-refractivity contribution is 8.09. The fourth-order valence-corrected chi connectivity index (χ4v) is 2.24. The fourth-order valence-electron chi connectivity index (χ4n) is 1.19. The SMILES string of the molecule is COC12C=CC=CC1(N)S2. The monoisotopic (exact) mass is 155 g/mol. The van der Waals surface area contributed by atoms with Gasteiger partial charge < -0.3 is 10.5 Å². The lowest BCUT2D eigenvalue weighted by Crippen LogP contribution is -2.33. The van der Waals surface area contributed by atoms with Gasteiger partial charge in [0.2, 0.25) is 0 Å². The number of allylic oxidation sites excluding steroid dienone is 2. The Morgan fingerprint density at radius 1 is 1.40 bits per heavy atom. The molecule has 2 aliphatic rings. The van der Waals surface area contributed by atoms with Gasteiger partial charge in [-0.2, -0.15) is 0 Å². The van der Waals surface area contributed by atoms with Crippen molar-refractivity contribution in [3.05, 3.63) is 24.3 Å². The molecule has 0 saturated carbocycles. The number of hydrogen-bond donors (Lipinski definition) is 1. The lowest BCUT2D eigenvalue weighted by Gasteiger charge is -2.13. The Balaban J connectivity index is 2.32. The molecule has 10 heavy (non-hydrogen) atoms. The van der Waals surface area contributed by atoms with E-state index in [1.807, 2.05) is 24.3 Å². The van der Waals surface area contributed by atoms with Gasteiger partial charge in [-0.15, -0.1) is 0 Å². The molecule has 2 N–H and O–H groups in total. The molecule has 3 heteroatoms. The average molecular weight is 155 g/mol. The Labute approximate surface area is 64.1 Å². The molecule has 0 aromatic carbocycles. The second-order valence-electron chi connectivity index (χ2n) is 2.49. The van der Waals surface area contributed by atoms with E-state index in [4.69, 9.17) is 10.5 Å². The molecule has 0 aromatic heterocycles. The van der Waals surface area contributed by atoms with Crippen LogP contribution in [0.4, 0.5) is 0 Å². The Bertz CT molecular complexity index is 226. The van der Waals surface area contributed by atoms with Gasteiger partial charge in [-0.25, -0.2) is 0 Å². The first-order chi connectivity index (χ1) is 4.72. The number of thioether (sulfide) groups is 1. The summed E-state index contributed by atoms with van der Waals surface area (Å²) in [5.74, 6) is 0.